The van der Waals surface area contributed by atoms with Crippen molar-refractivity contribution in [2.24, 2.45) is 0 Å². The molecular weight excluding hydrogens is 337 g/mol. The number of amides is 1. The normalized spacial score (nSPS) is 11.3. The molecule has 0 aromatic heterocycles. The van der Waals surface area contributed by atoms with Gasteiger partial charge in [0.1, 0.15) is 11.4 Å². The highest BCUT2D eigenvalue weighted by atomic mass is 79.9. The van der Waals surface area contributed by atoms with E-state index in [0.29, 0.717) is 15.1 Å². The number of carbonyl (C=O) groups excluding carboxylic acids is 1. The number of rotatable bonds is 2. The minimum atomic E-state index is -0.569. The molecule has 0 N–H and O–H groups in total. The molecular formula is C13H16BrClFNO2. The molecule has 0 atom stereocenters. The lowest BCUT2D eigenvalue weighted by atomic mass is 10.2. The number of ether oxygens (including phenoxy) is 1. The Hall–Kier alpha value is -0.810. The number of nitrogens with zero attached hydrogens (tertiary/aromatic N) is 1. The van der Waals surface area contributed by atoms with E-state index in [4.69, 9.17) is 16.3 Å². The summed E-state index contributed by atoms with van der Waals surface area (Å²) in [6.07, 6.45) is -0.480. The lowest BCUT2D eigenvalue weighted by Crippen LogP contribution is -2.33. The van der Waals surface area contributed by atoms with Crippen molar-refractivity contribution in [2.45, 2.75) is 32.9 Å². The average Bonchev–Trinajstić information content (AvgIpc) is 2.23. The van der Waals surface area contributed by atoms with Crippen molar-refractivity contribution in [3.05, 3.63) is 33.0 Å². The summed E-state index contributed by atoms with van der Waals surface area (Å²) in [6.45, 7) is 5.53. The number of benzene rings is 1. The molecule has 0 radical (unpaired) electrons. The topological polar surface area (TPSA) is 29.5 Å². The first kappa shape index (κ1) is 16.2. The van der Waals surface area contributed by atoms with Crippen molar-refractivity contribution < 1.29 is 13.9 Å². The monoisotopic (exact) mass is 351 g/mol. The van der Waals surface area contributed by atoms with Gasteiger partial charge in [-0.3, -0.25) is 0 Å². The van der Waals surface area contributed by atoms with E-state index in [9.17, 15) is 9.18 Å². The van der Waals surface area contributed by atoms with E-state index in [0.717, 1.165) is 0 Å². The van der Waals surface area contributed by atoms with Gasteiger partial charge in [-0.25, -0.2) is 9.18 Å². The van der Waals surface area contributed by atoms with Gasteiger partial charge in [0.15, 0.2) is 0 Å². The fraction of sp³-hybridized carbons (Fsp3) is 0.462. The van der Waals surface area contributed by atoms with Gasteiger partial charge in [-0.15, -0.1) is 0 Å². The molecule has 3 nitrogen and oxygen atoms in total. The molecule has 0 aliphatic carbocycles. The van der Waals surface area contributed by atoms with E-state index < -0.39 is 17.5 Å². The highest BCUT2D eigenvalue weighted by Crippen LogP contribution is 2.25. The summed E-state index contributed by atoms with van der Waals surface area (Å²) in [4.78, 5) is 13.1. The molecule has 0 bridgehead atoms. The predicted molar refractivity (Wildman–Crippen MR) is 76.8 cm³/mol. The highest BCUT2D eigenvalue weighted by Gasteiger charge is 2.20. The van der Waals surface area contributed by atoms with E-state index in [-0.39, 0.29) is 6.54 Å². The second-order valence-corrected chi connectivity index (χ2v) is 6.46. The number of halogens is 3. The zero-order valence-electron chi connectivity index (χ0n) is 11.3. The first-order chi connectivity index (χ1) is 8.60. The first-order valence-corrected chi connectivity index (χ1v) is 6.85. The highest BCUT2D eigenvalue weighted by molar-refractivity contribution is 9.10. The quantitative estimate of drug-likeness (QED) is 0.728. The third kappa shape index (κ3) is 4.99. The Morgan fingerprint density at radius 1 is 1.47 bits per heavy atom. The maximum Gasteiger partial charge on any atom is 0.410 e. The standard InChI is InChI=1S/C13H16BrClFNO2/c1-13(2,3)19-12(18)17(4)7-8-5-11(16)9(14)6-10(8)15/h5-6H,7H2,1-4H3. The molecule has 1 amide bonds. The Bertz CT molecular complexity index is 488. The summed E-state index contributed by atoms with van der Waals surface area (Å²) in [6, 6.07) is 2.77. The van der Waals surface area contributed by atoms with Crippen molar-refractivity contribution >= 4 is 33.6 Å². The van der Waals surface area contributed by atoms with Gasteiger partial charge >= 0.3 is 6.09 Å². The van der Waals surface area contributed by atoms with Crippen LogP contribution in [0.25, 0.3) is 0 Å². The average molecular weight is 353 g/mol. The summed E-state index contributed by atoms with van der Waals surface area (Å²) < 4.78 is 18.9. The largest absolute Gasteiger partial charge is 0.444 e. The maximum atomic E-state index is 13.4. The molecule has 0 unspecified atom stereocenters. The molecule has 0 aliphatic rings. The van der Waals surface area contributed by atoms with Crippen molar-refractivity contribution in [3.63, 3.8) is 0 Å². The zero-order chi connectivity index (χ0) is 14.8. The van der Waals surface area contributed by atoms with Gasteiger partial charge in [-0.05, 0) is 54.4 Å². The van der Waals surface area contributed by atoms with Gasteiger partial charge in [0.25, 0.3) is 0 Å². The van der Waals surface area contributed by atoms with Crippen LogP contribution in [0.1, 0.15) is 26.3 Å². The Kier molecular flexibility index (Phi) is 5.21. The molecule has 1 rings (SSSR count). The molecule has 6 heteroatoms. The third-order valence-electron chi connectivity index (χ3n) is 2.20. The third-order valence-corrected chi connectivity index (χ3v) is 3.16. The van der Waals surface area contributed by atoms with Crippen LogP contribution in [0, 0.1) is 5.82 Å². The van der Waals surface area contributed by atoms with E-state index in [1.54, 1.807) is 27.8 Å². The lowest BCUT2D eigenvalue weighted by molar-refractivity contribution is 0.0285. The Labute approximate surface area is 125 Å². The molecule has 0 fully saturated rings. The summed E-state index contributed by atoms with van der Waals surface area (Å²) in [5.41, 5.74) is -0.0455. The Balaban J connectivity index is 2.80. The second kappa shape index (κ2) is 6.09. The van der Waals surface area contributed by atoms with Crippen LogP contribution in [-0.2, 0) is 11.3 Å². The smallest absolute Gasteiger partial charge is 0.410 e. The van der Waals surface area contributed by atoms with E-state index in [1.165, 1.54) is 17.0 Å². The minimum Gasteiger partial charge on any atom is -0.444 e. The molecule has 0 heterocycles. The number of hydrogen-bond donors (Lipinski definition) is 0. The van der Waals surface area contributed by atoms with Gasteiger partial charge in [-0.2, -0.15) is 0 Å². The van der Waals surface area contributed by atoms with Crippen molar-refractivity contribution in [1.82, 2.24) is 4.90 Å². The van der Waals surface area contributed by atoms with Crippen LogP contribution in [0.5, 0.6) is 0 Å². The first-order valence-electron chi connectivity index (χ1n) is 5.67. The maximum absolute atomic E-state index is 13.4. The molecule has 19 heavy (non-hydrogen) atoms. The summed E-state index contributed by atoms with van der Waals surface area (Å²) in [5, 5.41) is 0.392. The molecule has 106 valence electrons. The second-order valence-electron chi connectivity index (χ2n) is 5.19. The number of hydrogen-bond acceptors (Lipinski definition) is 2. The Morgan fingerprint density at radius 2 is 2.05 bits per heavy atom. The molecule has 0 spiro atoms. The fourth-order valence-corrected chi connectivity index (χ4v) is 2.04. The SMILES string of the molecule is CN(Cc1cc(F)c(Br)cc1Cl)C(=O)OC(C)(C)C. The van der Waals surface area contributed by atoms with Crippen LogP contribution >= 0.6 is 27.5 Å². The van der Waals surface area contributed by atoms with Crippen LogP contribution in [0.15, 0.2) is 16.6 Å². The van der Waals surface area contributed by atoms with Gasteiger partial charge in [-0.1, -0.05) is 11.6 Å². The summed E-state index contributed by atoms with van der Waals surface area (Å²) in [5.74, 6) is -0.419. The molecule has 0 saturated heterocycles. The van der Waals surface area contributed by atoms with E-state index in [1.807, 2.05) is 0 Å². The summed E-state index contributed by atoms with van der Waals surface area (Å²) in [7, 11) is 1.57. The van der Waals surface area contributed by atoms with Crippen LogP contribution < -0.4 is 0 Å². The van der Waals surface area contributed by atoms with Crippen LogP contribution in [0.4, 0.5) is 9.18 Å². The predicted octanol–water partition coefficient (Wildman–Crippen LogP) is 4.61. The molecule has 0 aliphatic heterocycles. The molecule has 1 aromatic carbocycles. The van der Waals surface area contributed by atoms with Crippen molar-refractivity contribution in [2.75, 3.05) is 7.05 Å². The minimum absolute atomic E-state index is 0.179. The van der Waals surface area contributed by atoms with Crippen LogP contribution in [0.2, 0.25) is 5.02 Å². The van der Waals surface area contributed by atoms with Gasteiger partial charge in [0.2, 0.25) is 0 Å². The summed E-state index contributed by atoms with van der Waals surface area (Å²) >= 11 is 9.06. The molecule has 0 saturated carbocycles. The van der Waals surface area contributed by atoms with Crippen LogP contribution in [-0.4, -0.2) is 23.6 Å². The van der Waals surface area contributed by atoms with Gasteiger partial charge < -0.3 is 9.64 Å². The fourth-order valence-electron chi connectivity index (χ4n) is 1.34. The number of carbonyl (C=O) groups is 1. The van der Waals surface area contributed by atoms with Crippen molar-refractivity contribution in [1.29, 1.82) is 0 Å². The Morgan fingerprint density at radius 3 is 2.58 bits per heavy atom. The zero-order valence-corrected chi connectivity index (χ0v) is 13.6. The van der Waals surface area contributed by atoms with E-state index in [2.05, 4.69) is 15.9 Å². The molecule has 1 aromatic rings. The van der Waals surface area contributed by atoms with Crippen molar-refractivity contribution in [3.8, 4) is 0 Å². The van der Waals surface area contributed by atoms with Gasteiger partial charge in [0, 0.05) is 12.1 Å². The van der Waals surface area contributed by atoms with Crippen LogP contribution in [0.3, 0.4) is 0 Å². The lowest BCUT2D eigenvalue weighted by Gasteiger charge is -2.25. The van der Waals surface area contributed by atoms with Gasteiger partial charge in [0.05, 0.1) is 11.0 Å². The van der Waals surface area contributed by atoms with E-state index >= 15 is 0 Å².